The van der Waals surface area contributed by atoms with E-state index >= 15 is 0 Å². The highest BCUT2D eigenvalue weighted by Gasteiger charge is 2.32. The largest absolute Gasteiger partial charge is 0.352 e. The molecule has 1 saturated heterocycles. The monoisotopic (exact) mass is 420 g/mol. The van der Waals surface area contributed by atoms with Gasteiger partial charge in [-0.15, -0.1) is 0 Å². The molecule has 1 aliphatic rings. The fourth-order valence-corrected chi connectivity index (χ4v) is 4.28. The highest BCUT2D eigenvalue weighted by Crippen LogP contribution is 2.34. The maximum atomic E-state index is 13.9. The average molecular weight is 421 g/mol. The van der Waals surface area contributed by atoms with Crippen molar-refractivity contribution in [3.8, 4) is 0 Å². The highest BCUT2D eigenvalue weighted by atomic mass is 19.1. The number of nitrogens with one attached hydrogen (secondary N) is 1. The van der Waals surface area contributed by atoms with Crippen molar-refractivity contribution < 1.29 is 13.6 Å². The summed E-state index contributed by atoms with van der Waals surface area (Å²) in [7, 11) is 0. The van der Waals surface area contributed by atoms with Gasteiger partial charge in [-0.05, 0) is 42.2 Å². The molecule has 0 aliphatic carbocycles. The van der Waals surface area contributed by atoms with Crippen LogP contribution in [-0.2, 0) is 17.9 Å². The van der Waals surface area contributed by atoms with Gasteiger partial charge >= 0.3 is 0 Å². The Morgan fingerprint density at radius 1 is 0.903 bits per heavy atom. The van der Waals surface area contributed by atoms with E-state index in [9.17, 15) is 13.6 Å². The van der Waals surface area contributed by atoms with E-state index in [1.165, 1.54) is 23.8 Å². The van der Waals surface area contributed by atoms with E-state index in [-0.39, 0.29) is 36.0 Å². The summed E-state index contributed by atoms with van der Waals surface area (Å²) < 4.78 is 27.2. The first-order valence-corrected chi connectivity index (χ1v) is 10.6. The number of nitrogens with zero attached hydrogens (tertiary/aromatic N) is 1. The topological polar surface area (TPSA) is 32.3 Å². The van der Waals surface area contributed by atoms with Crippen LogP contribution in [0.4, 0.5) is 8.78 Å². The van der Waals surface area contributed by atoms with Crippen LogP contribution in [-0.4, -0.2) is 17.4 Å². The van der Waals surface area contributed by atoms with Gasteiger partial charge < -0.3 is 5.32 Å². The number of hydrogen-bond donors (Lipinski definition) is 1. The standard InChI is InChI=1S/C26H26F2N2O/c27-23-13-10-19(11-14-23)17-30-18-22(12-15-25(30)20-6-2-1-3-7-20)26(31)29-16-21-8-4-5-9-24(21)28/h1-11,13-14,22,25H,12,15-18H2,(H,29,31)/t22-,25-/m0/s1. The van der Waals surface area contributed by atoms with Crippen molar-refractivity contribution >= 4 is 5.91 Å². The molecule has 0 saturated carbocycles. The van der Waals surface area contributed by atoms with Crippen LogP contribution in [0.25, 0.3) is 0 Å². The number of carbonyl (C=O) groups is 1. The number of rotatable bonds is 6. The summed E-state index contributed by atoms with van der Waals surface area (Å²) in [6, 6.07) is 23.5. The molecule has 3 aromatic carbocycles. The van der Waals surface area contributed by atoms with Gasteiger partial charge in [0, 0.05) is 31.2 Å². The molecular weight excluding hydrogens is 394 g/mol. The van der Waals surface area contributed by atoms with Gasteiger partial charge in [-0.3, -0.25) is 9.69 Å². The fraction of sp³-hybridized carbons (Fsp3) is 0.269. The normalized spacial score (nSPS) is 19.2. The molecule has 0 aromatic heterocycles. The third-order valence-electron chi connectivity index (χ3n) is 5.95. The Morgan fingerprint density at radius 2 is 1.61 bits per heavy atom. The van der Waals surface area contributed by atoms with E-state index in [1.807, 2.05) is 18.2 Å². The van der Waals surface area contributed by atoms with Crippen LogP contribution < -0.4 is 5.32 Å². The van der Waals surface area contributed by atoms with Crippen molar-refractivity contribution in [2.24, 2.45) is 5.92 Å². The van der Waals surface area contributed by atoms with E-state index in [0.717, 1.165) is 18.4 Å². The number of halogens is 2. The number of amides is 1. The molecule has 3 nitrogen and oxygen atoms in total. The van der Waals surface area contributed by atoms with Crippen LogP contribution in [0.2, 0.25) is 0 Å². The zero-order valence-corrected chi connectivity index (χ0v) is 17.3. The molecule has 31 heavy (non-hydrogen) atoms. The summed E-state index contributed by atoms with van der Waals surface area (Å²) in [6.45, 7) is 1.42. The first-order valence-electron chi connectivity index (χ1n) is 10.6. The number of carbonyl (C=O) groups excluding carboxylic acids is 1. The summed E-state index contributed by atoms with van der Waals surface area (Å²) in [6.07, 6.45) is 1.62. The molecule has 1 amide bonds. The molecule has 0 bridgehead atoms. The van der Waals surface area contributed by atoms with Crippen LogP contribution in [0.15, 0.2) is 78.9 Å². The first kappa shape index (κ1) is 21.2. The predicted octanol–water partition coefficient (Wildman–Crippen LogP) is 5.23. The van der Waals surface area contributed by atoms with Gasteiger partial charge in [0.05, 0.1) is 5.92 Å². The third kappa shape index (κ3) is 5.36. The summed E-state index contributed by atoms with van der Waals surface area (Å²) in [5.74, 6) is -0.799. The quantitative estimate of drug-likeness (QED) is 0.592. The zero-order valence-electron chi connectivity index (χ0n) is 17.3. The lowest BCUT2D eigenvalue weighted by Gasteiger charge is -2.39. The Bertz CT molecular complexity index is 1010. The van der Waals surface area contributed by atoms with Crippen LogP contribution in [0.3, 0.4) is 0 Å². The molecular formula is C26H26F2N2O. The van der Waals surface area contributed by atoms with E-state index in [0.29, 0.717) is 18.7 Å². The molecule has 3 aromatic rings. The summed E-state index contributed by atoms with van der Waals surface area (Å²) in [5.41, 5.74) is 2.71. The van der Waals surface area contributed by atoms with Crippen molar-refractivity contribution in [2.45, 2.75) is 32.0 Å². The number of piperidine rings is 1. The summed E-state index contributed by atoms with van der Waals surface area (Å²) >= 11 is 0. The lowest BCUT2D eigenvalue weighted by molar-refractivity contribution is -0.127. The zero-order chi connectivity index (χ0) is 21.6. The van der Waals surface area contributed by atoms with E-state index in [4.69, 9.17) is 0 Å². The van der Waals surface area contributed by atoms with E-state index in [1.54, 1.807) is 30.3 Å². The lowest BCUT2D eigenvalue weighted by Crippen LogP contribution is -2.44. The molecule has 0 radical (unpaired) electrons. The average Bonchev–Trinajstić information content (AvgIpc) is 2.80. The number of benzene rings is 3. The van der Waals surface area contributed by atoms with Crippen LogP contribution in [0, 0.1) is 17.6 Å². The van der Waals surface area contributed by atoms with Crippen molar-refractivity contribution in [3.63, 3.8) is 0 Å². The first-order chi connectivity index (χ1) is 15.1. The molecule has 0 spiro atoms. The van der Waals surface area contributed by atoms with Crippen LogP contribution in [0.5, 0.6) is 0 Å². The second-order valence-electron chi connectivity index (χ2n) is 8.07. The highest BCUT2D eigenvalue weighted by molar-refractivity contribution is 5.79. The fourth-order valence-electron chi connectivity index (χ4n) is 4.28. The van der Waals surface area contributed by atoms with Crippen LogP contribution in [0.1, 0.15) is 35.6 Å². The summed E-state index contributed by atoms with van der Waals surface area (Å²) in [4.78, 5) is 15.1. The molecule has 2 atom stereocenters. The van der Waals surface area contributed by atoms with Crippen molar-refractivity contribution in [1.29, 1.82) is 0 Å². The molecule has 1 aliphatic heterocycles. The molecule has 5 heteroatoms. The Kier molecular flexibility index (Phi) is 6.73. The summed E-state index contributed by atoms with van der Waals surface area (Å²) in [5, 5.41) is 2.90. The maximum Gasteiger partial charge on any atom is 0.224 e. The van der Waals surface area contributed by atoms with Crippen molar-refractivity contribution in [1.82, 2.24) is 10.2 Å². The van der Waals surface area contributed by atoms with Gasteiger partial charge in [0.2, 0.25) is 5.91 Å². The van der Waals surface area contributed by atoms with Crippen LogP contribution >= 0.6 is 0 Å². The minimum absolute atomic E-state index is 0.0566. The molecule has 1 heterocycles. The molecule has 160 valence electrons. The smallest absolute Gasteiger partial charge is 0.224 e. The predicted molar refractivity (Wildman–Crippen MR) is 117 cm³/mol. The Labute approximate surface area is 181 Å². The molecule has 4 rings (SSSR count). The molecule has 0 unspecified atom stereocenters. The van der Waals surface area contributed by atoms with Gasteiger partial charge in [-0.2, -0.15) is 0 Å². The van der Waals surface area contributed by atoms with Crippen molar-refractivity contribution in [2.75, 3.05) is 6.54 Å². The van der Waals surface area contributed by atoms with E-state index in [2.05, 4.69) is 22.3 Å². The third-order valence-corrected chi connectivity index (χ3v) is 5.95. The molecule has 1 N–H and O–H groups in total. The Morgan fingerprint density at radius 3 is 2.35 bits per heavy atom. The number of hydrogen-bond acceptors (Lipinski definition) is 2. The minimum atomic E-state index is -0.312. The maximum absolute atomic E-state index is 13.9. The van der Waals surface area contributed by atoms with Gasteiger partial charge in [0.1, 0.15) is 11.6 Å². The SMILES string of the molecule is O=C(NCc1ccccc1F)[C@H]1CC[C@@H](c2ccccc2)N(Cc2ccc(F)cc2)C1. The van der Waals surface area contributed by atoms with E-state index < -0.39 is 0 Å². The molecule has 1 fully saturated rings. The number of likely N-dealkylation sites (tertiary alicyclic amines) is 1. The second kappa shape index (κ2) is 9.84. The Hall–Kier alpha value is -3.05. The van der Waals surface area contributed by atoms with Gasteiger partial charge in [-0.25, -0.2) is 8.78 Å². The van der Waals surface area contributed by atoms with Gasteiger partial charge in [0.25, 0.3) is 0 Å². The lowest BCUT2D eigenvalue weighted by atomic mass is 9.88. The van der Waals surface area contributed by atoms with Gasteiger partial charge in [0.15, 0.2) is 0 Å². The van der Waals surface area contributed by atoms with Gasteiger partial charge in [-0.1, -0.05) is 60.7 Å². The van der Waals surface area contributed by atoms with Crippen molar-refractivity contribution in [3.05, 3.63) is 107 Å². The Balaban J connectivity index is 1.46. The second-order valence-corrected chi connectivity index (χ2v) is 8.07. The minimum Gasteiger partial charge on any atom is -0.352 e.